The fourth-order valence-electron chi connectivity index (χ4n) is 5.17. The van der Waals surface area contributed by atoms with Gasteiger partial charge in [-0.25, -0.2) is 5.26 Å². The van der Waals surface area contributed by atoms with Gasteiger partial charge in [-0.3, -0.25) is 9.98 Å². The summed E-state index contributed by atoms with van der Waals surface area (Å²) in [5.41, 5.74) is 7.20. The first-order valence-electron chi connectivity index (χ1n) is 12.0. The van der Waals surface area contributed by atoms with Gasteiger partial charge in [-0.1, -0.05) is 75.2 Å². The molecule has 2 aliphatic heterocycles. The standard InChI is InChI=1S/C15H15NO3S.C15H15N/c1-9-15(2,3)14-12-6-5-11(20-19-18-17)8-10(12)4-7-13(14)16-9;1-10-15(2,3)14-12-7-5-4-6-11(12)8-9-13(14)16-10/h4-8,17H,1-3H3;4-9H,1-3H3. The first-order chi connectivity index (χ1) is 17.1. The molecule has 0 aromatic heterocycles. The van der Waals surface area contributed by atoms with Gasteiger partial charge in [-0.15, -0.1) is 4.33 Å². The first kappa shape index (κ1) is 24.7. The summed E-state index contributed by atoms with van der Waals surface area (Å²) in [6.07, 6.45) is 0. The minimum atomic E-state index is -0.0474. The smallest absolute Gasteiger partial charge is 0.0714 e. The maximum atomic E-state index is 8.21. The van der Waals surface area contributed by atoms with E-state index < -0.39 is 0 Å². The zero-order valence-corrected chi connectivity index (χ0v) is 22.2. The highest BCUT2D eigenvalue weighted by Crippen LogP contribution is 2.45. The van der Waals surface area contributed by atoms with Crippen molar-refractivity contribution >= 4 is 56.4 Å². The SMILES string of the molecule is CC1=Nc2ccc3cc(SOOO)ccc3c2C1(C)C.CC1=Nc2ccc3ccccc3c2C1(C)C. The second kappa shape index (κ2) is 9.12. The number of rotatable bonds is 3. The molecule has 5 nitrogen and oxygen atoms in total. The third kappa shape index (κ3) is 4.04. The Morgan fingerprint density at radius 2 is 1.25 bits per heavy atom. The summed E-state index contributed by atoms with van der Waals surface area (Å²) >= 11 is 0.968. The van der Waals surface area contributed by atoms with Crippen LogP contribution in [0.15, 0.2) is 81.6 Å². The molecule has 0 atom stereocenters. The molecular formula is C30H30N2O3S. The summed E-state index contributed by atoms with van der Waals surface area (Å²) in [7, 11) is 0. The highest BCUT2D eigenvalue weighted by Gasteiger charge is 2.34. The maximum absolute atomic E-state index is 8.21. The molecule has 0 radical (unpaired) electrons. The third-order valence-electron chi connectivity index (χ3n) is 7.67. The van der Waals surface area contributed by atoms with Crippen LogP contribution in [0.2, 0.25) is 0 Å². The maximum Gasteiger partial charge on any atom is 0.0714 e. The van der Waals surface area contributed by atoms with Gasteiger partial charge < -0.3 is 0 Å². The quantitative estimate of drug-likeness (QED) is 0.174. The van der Waals surface area contributed by atoms with E-state index in [-0.39, 0.29) is 10.8 Å². The summed E-state index contributed by atoms with van der Waals surface area (Å²) in [6, 6.07) is 23.0. The number of nitrogens with zero attached hydrogens (tertiary/aromatic N) is 2. The van der Waals surface area contributed by atoms with Gasteiger partial charge in [-0.05, 0) is 70.8 Å². The molecule has 0 amide bonds. The summed E-state index contributed by atoms with van der Waals surface area (Å²) in [5, 5.41) is 16.8. The highest BCUT2D eigenvalue weighted by atomic mass is 32.2. The number of hydrogen-bond acceptors (Lipinski definition) is 6. The summed E-state index contributed by atoms with van der Waals surface area (Å²) in [5.74, 6) is 0. The minimum absolute atomic E-state index is 0.0474. The lowest BCUT2D eigenvalue weighted by molar-refractivity contribution is -0.432. The molecule has 6 rings (SSSR count). The molecule has 0 saturated carbocycles. The molecule has 184 valence electrons. The van der Waals surface area contributed by atoms with E-state index in [1.54, 1.807) is 0 Å². The van der Waals surface area contributed by atoms with Crippen molar-refractivity contribution in [3.63, 3.8) is 0 Å². The lowest BCUT2D eigenvalue weighted by Crippen LogP contribution is -2.22. The Morgan fingerprint density at radius 1 is 0.694 bits per heavy atom. The summed E-state index contributed by atoms with van der Waals surface area (Å²) in [4.78, 5) is 10.2. The second-order valence-electron chi connectivity index (χ2n) is 10.4. The number of benzene rings is 4. The van der Waals surface area contributed by atoms with Crippen molar-refractivity contribution in [2.24, 2.45) is 9.98 Å². The molecule has 4 aromatic carbocycles. The van der Waals surface area contributed by atoms with Crippen molar-refractivity contribution < 1.29 is 14.6 Å². The van der Waals surface area contributed by atoms with E-state index in [4.69, 9.17) is 5.26 Å². The summed E-state index contributed by atoms with van der Waals surface area (Å²) in [6.45, 7) is 13.1. The van der Waals surface area contributed by atoms with Crippen LogP contribution < -0.4 is 0 Å². The van der Waals surface area contributed by atoms with Gasteiger partial charge in [0.15, 0.2) is 0 Å². The van der Waals surface area contributed by atoms with E-state index in [0.29, 0.717) is 0 Å². The number of aliphatic imine (C=N–C) groups is 2. The molecule has 2 heterocycles. The predicted octanol–water partition coefficient (Wildman–Crippen LogP) is 8.88. The van der Waals surface area contributed by atoms with Crippen LogP contribution in [0.1, 0.15) is 52.7 Å². The normalized spacial score (nSPS) is 16.8. The van der Waals surface area contributed by atoms with Gasteiger partial charge >= 0.3 is 0 Å². The molecule has 0 spiro atoms. The van der Waals surface area contributed by atoms with Crippen molar-refractivity contribution in [1.29, 1.82) is 0 Å². The monoisotopic (exact) mass is 498 g/mol. The Labute approximate surface area is 215 Å². The van der Waals surface area contributed by atoms with Gasteiger partial charge in [0.05, 0.1) is 23.4 Å². The first-order valence-corrected chi connectivity index (χ1v) is 12.7. The predicted molar refractivity (Wildman–Crippen MR) is 150 cm³/mol. The van der Waals surface area contributed by atoms with E-state index in [9.17, 15) is 0 Å². The molecule has 1 N–H and O–H groups in total. The molecule has 0 fully saturated rings. The average Bonchev–Trinajstić information content (AvgIpc) is 3.25. The third-order valence-corrected chi connectivity index (χ3v) is 8.25. The number of fused-ring (bicyclic) bond motifs is 6. The van der Waals surface area contributed by atoms with Crippen LogP contribution >= 0.6 is 12.0 Å². The van der Waals surface area contributed by atoms with E-state index in [2.05, 4.69) is 109 Å². The molecule has 6 heteroatoms. The zero-order valence-electron chi connectivity index (χ0n) is 21.4. The molecule has 0 bridgehead atoms. The Morgan fingerprint density at radius 3 is 1.86 bits per heavy atom. The highest BCUT2D eigenvalue weighted by molar-refractivity contribution is 7.94. The number of hydrogen-bond donors (Lipinski definition) is 1. The van der Waals surface area contributed by atoms with Crippen molar-refractivity contribution in [1.82, 2.24) is 0 Å². The van der Waals surface area contributed by atoms with Gasteiger partial charge in [0, 0.05) is 27.1 Å². The lowest BCUT2D eigenvalue weighted by Gasteiger charge is -2.22. The second-order valence-corrected chi connectivity index (χ2v) is 11.2. The Balaban J connectivity index is 0.000000152. The van der Waals surface area contributed by atoms with Crippen LogP contribution in [0.25, 0.3) is 21.5 Å². The zero-order chi connectivity index (χ0) is 25.7. The molecule has 4 aromatic rings. The van der Waals surface area contributed by atoms with Crippen molar-refractivity contribution in [2.45, 2.75) is 57.3 Å². The van der Waals surface area contributed by atoms with Crippen LogP contribution in [0.3, 0.4) is 0 Å². The van der Waals surface area contributed by atoms with Crippen molar-refractivity contribution in [2.75, 3.05) is 0 Å². The Hall–Kier alpha value is -3.03. The average molecular weight is 499 g/mol. The van der Waals surface area contributed by atoms with E-state index in [1.807, 2.05) is 18.2 Å². The van der Waals surface area contributed by atoms with Gasteiger partial charge in [0.1, 0.15) is 0 Å². The molecule has 2 aliphatic rings. The Kier molecular flexibility index (Phi) is 6.25. The van der Waals surface area contributed by atoms with Crippen LogP contribution in [-0.4, -0.2) is 16.7 Å². The van der Waals surface area contributed by atoms with Gasteiger partial charge in [0.25, 0.3) is 0 Å². The van der Waals surface area contributed by atoms with Crippen molar-refractivity contribution in [3.8, 4) is 0 Å². The molecule has 0 saturated heterocycles. The van der Waals surface area contributed by atoms with Crippen LogP contribution in [0.4, 0.5) is 11.4 Å². The van der Waals surface area contributed by atoms with E-state index >= 15 is 0 Å². The van der Waals surface area contributed by atoms with Crippen molar-refractivity contribution in [3.05, 3.63) is 77.9 Å². The molecule has 0 aliphatic carbocycles. The van der Waals surface area contributed by atoms with Crippen LogP contribution in [0, 0.1) is 0 Å². The molecule has 36 heavy (non-hydrogen) atoms. The largest absolute Gasteiger partial charge is 0.257 e. The van der Waals surface area contributed by atoms with Gasteiger partial charge in [-0.2, -0.15) is 0 Å². The lowest BCUT2D eigenvalue weighted by atomic mass is 9.80. The molecule has 0 unspecified atom stereocenters. The fraction of sp³-hybridized carbons (Fsp3) is 0.267. The van der Waals surface area contributed by atoms with E-state index in [1.165, 1.54) is 33.0 Å². The minimum Gasteiger partial charge on any atom is -0.257 e. The van der Waals surface area contributed by atoms with Gasteiger partial charge in [0.2, 0.25) is 0 Å². The Bertz CT molecular complexity index is 1550. The fourth-order valence-corrected chi connectivity index (χ4v) is 5.57. The molecular weight excluding hydrogens is 468 g/mol. The van der Waals surface area contributed by atoms with E-state index in [0.717, 1.165) is 39.4 Å². The topological polar surface area (TPSA) is 63.4 Å². The summed E-state index contributed by atoms with van der Waals surface area (Å²) < 4.78 is 4.47. The van der Waals surface area contributed by atoms with Crippen LogP contribution in [-0.2, 0) is 20.2 Å². The van der Waals surface area contributed by atoms with Crippen LogP contribution in [0.5, 0.6) is 0 Å².